The minimum Gasteiger partial charge on any atom is -0.356 e. The normalized spacial score (nSPS) is 16.1. The molecule has 0 saturated carbocycles. The molecule has 1 aliphatic heterocycles. The Morgan fingerprint density at radius 1 is 1.48 bits per heavy atom. The van der Waals surface area contributed by atoms with E-state index in [4.69, 9.17) is 5.26 Å². The van der Waals surface area contributed by atoms with Crippen LogP contribution in [0.25, 0.3) is 0 Å². The van der Waals surface area contributed by atoms with Gasteiger partial charge in [-0.1, -0.05) is 6.07 Å². The number of piperidine rings is 1. The molecule has 0 spiro atoms. The lowest BCUT2D eigenvalue weighted by Crippen LogP contribution is -2.38. The van der Waals surface area contributed by atoms with Crippen molar-refractivity contribution in [3.05, 3.63) is 45.9 Å². The Labute approximate surface area is 139 Å². The topological polar surface area (TPSA) is 71.9 Å². The summed E-state index contributed by atoms with van der Waals surface area (Å²) in [5.41, 5.74) is 0.939. The van der Waals surface area contributed by atoms with Gasteiger partial charge in [0, 0.05) is 24.2 Å². The van der Waals surface area contributed by atoms with E-state index in [9.17, 15) is 4.79 Å². The molecule has 3 heterocycles. The molecule has 0 aromatic carbocycles. The zero-order valence-electron chi connectivity index (χ0n) is 12.9. The fourth-order valence-corrected chi connectivity index (χ4v) is 3.64. The SMILES string of the molecule is N#Cc1c[nH]c(C(=O)NCC2CCN(Cc3cccs3)CC2)c1. The van der Waals surface area contributed by atoms with Gasteiger partial charge in [0.2, 0.25) is 0 Å². The van der Waals surface area contributed by atoms with Crippen LogP contribution in [0.15, 0.2) is 29.8 Å². The van der Waals surface area contributed by atoms with Crippen LogP contribution in [-0.4, -0.2) is 35.4 Å². The largest absolute Gasteiger partial charge is 0.356 e. The van der Waals surface area contributed by atoms with Gasteiger partial charge in [-0.3, -0.25) is 9.69 Å². The molecule has 3 rings (SSSR count). The van der Waals surface area contributed by atoms with E-state index in [2.05, 4.69) is 32.7 Å². The van der Waals surface area contributed by atoms with Gasteiger partial charge < -0.3 is 10.3 Å². The van der Waals surface area contributed by atoms with E-state index >= 15 is 0 Å². The second kappa shape index (κ2) is 7.44. The van der Waals surface area contributed by atoms with Crippen molar-refractivity contribution in [1.29, 1.82) is 5.26 Å². The molecule has 120 valence electrons. The number of nitriles is 1. The van der Waals surface area contributed by atoms with Crippen molar-refractivity contribution in [1.82, 2.24) is 15.2 Å². The summed E-state index contributed by atoms with van der Waals surface area (Å²) < 4.78 is 0. The summed E-state index contributed by atoms with van der Waals surface area (Å²) in [5, 5.41) is 13.9. The number of aromatic amines is 1. The number of nitrogens with one attached hydrogen (secondary N) is 2. The van der Waals surface area contributed by atoms with Crippen molar-refractivity contribution in [2.45, 2.75) is 19.4 Å². The summed E-state index contributed by atoms with van der Waals surface area (Å²) in [4.78, 5) is 18.8. The highest BCUT2D eigenvalue weighted by molar-refractivity contribution is 7.09. The molecule has 1 aliphatic rings. The van der Waals surface area contributed by atoms with Gasteiger partial charge in [-0.15, -0.1) is 11.3 Å². The maximum absolute atomic E-state index is 12.0. The van der Waals surface area contributed by atoms with Crippen LogP contribution in [0.4, 0.5) is 0 Å². The zero-order chi connectivity index (χ0) is 16.1. The molecule has 0 aliphatic carbocycles. The number of rotatable bonds is 5. The van der Waals surface area contributed by atoms with Gasteiger partial charge in [-0.05, 0) is 49.4 Å². The predicted octanol–water partition coefficient (Wildman–Crippen LogP) is 2.59. The Balaban J connectivity index is 1.40. The van der Waals surface area contributed by atoms with E-state index < -0.39 is 0 Å². The van der Waals surface area contributed by atoms with Gasteiger partial charge in [0.1, 0.15) is 11.8 Å². The molecule has 0 radical (unpaired) electrons. The number of likely N-dealkylation sites (tertiary alicyclic amines) is 1. The Hall–Kier alpha value is -2.10. The van der Waals surface area contributed by atoms with Crippen molar-refractivity contribution in [2.24, 2.45) is 5.92 Å². The first-order chi connectivity index (χ1) is 11.2. The monoisotopic (exact) mass is 328 g/mol. The smallest absolute Gasteiger partial charge is 0.267 e. The summed E-state index contributed by atoms with van der Waals surface area (Å²) in [6.45, 7) is 3.90. The molecule has 2 N–H and O–H groups in total. The Bertz CT molecular complexity index is 678. The van der Waals surface area contributed by atoms with Crippen LogP contribution in [0.2, 0.25) is 0 Å². The molecule has 6 heteroatoms. The molecule has 0 bridgehead atoms. The third kappa shape index (κ3) is 4.21. The summed E-state index contributed by atoms with van der Waals surface area (Å²) in [6.07, 6.45) is 3.78. The highest BCUT2D eigenvalue weighted by atomic mass is 32.1. The average Bonchev–Trinajstić information content (AvgIpc) is 3.25. The number of amides is 1. The molecular weight excluding hydrogens is 308 g/mol. The number of carbonyl (C=O) groups excluding carboxylic acids is 1. The number of H-pyrrole nitrogens is 1. The number of hydrogen-bond acceptors (Lipinski definition) is 4. The minimum absolute atomic E-state index is 0.132. The van der Waals surface area contributed by atoms with Gasteiger partial charge >= 0.3 is 0 Å². The fraction of sp³-hybridized carbons (Fsp3) is 0.412. The molecular formula is C17H20N4OS. The molecule has 1 fully saturated rings. The fourth-order valence-electron chi connectivity index (χ4n) is 2.89. The molecule has 23 heavy (non-hydrogen) atoms. The van der Waals surface area contributed by atoms with E-state index in [0.717, 1.165) is 32.5 Å². The van der Waals surface area contributed by atoms with Gasteiger partial charge in [0.25, 0.3) is 5.91 Å². The standard InChI is InChI=1S/C17H20N4OS/c18-9-14-8-16(19-11-14)17(22)20-10-13-3-5-21(6-4-13)12-15-2-1-7-23-15/h1-2,7-8,11,13,19H,3-6,10,12H2,(H,20,22). The first-order valence-electron chi connectivity index (χ1n) is 7.86. The summed E-state index contributed by atoms with van der Waals surface area (Å²) in [6, 6.07) is 7.88. The van der Waals surface area contributed by atoms with Crippen molar-refractivity contribution >= 4 is 17.2 Å². The molecule has 5 nitrogen and oxygen atoms in total. The van der Waals surface area contributed by atoms with Crippen molar-refractivity contribution in [3.8, 4) is 6.07 Å². The molecule has 2 aromatic heterocycles. The Morgan fingerprint density at radius 2 is 2.30 bits per heavy atom. The highest BCUT2D eigenvalue weighted by Gasteiger charge is 2.20. The maximum atomic E-state index is 12.0. The first-order valence-corrected chi connectivity index (χ1v) is 8.74. The van der Waals surface area contributed by atoms with Crippen LogP contribution >= 0.6 is 11.3 Å². The third-order valence-electron chi connectivity index (χ3n) is 4.27. The van der Waals surface area contributed by atoms with Gasteiger partial charge in [-0.2, -0.15) is 5.26 Å². The van der Waals surface area contributed by atoms with Crippen molar-refractivity contribution in [3.63, 3.8) is 0 Å². The van der Waals surface area contributed by atoms with Crippen LogP contribution in [0.3, 0.4) is 0 Å². The Kier molecular flexibility index (Phi) is 5.11. The summed E-state index contributed by atoms with van der Waals surface area (Å²) in [5.74, 6) is 0.399. The number of thiophene rings is 1. The second-order valence-corrected chi connectivity index (χ2v) is 6.95. The molecule has 0 unspecified atom stereocenters. The number of hydrogen-bond donors (Lipinski definition) is 2. The lowest BCUT2D eigenvalue weighted by Gasteiger charge is -2.31. The van der Waals surface area contributed by atoms with E-state index in [1.165, 1.54) is 4.88 Å². The quantitative estimate of drug-likeness (QED) is 0.886. The van der Waals surface area contributed by atoms with Gasteiger partial charge in [0.15, 0.2) is 0 Å². The van der Waals surface area contributed by atoms with E-state index in [1.54, 1.807) is 12.3 Å². The van der Waals surface area contributed by atoms with E-state index in [0.29, 0.717) is 23.7 Å². The lowest BCUT2D eigenvalue weighted by atomic mass is 9.96. The predicted molar refractivity (Wildman–Crippen MR) is 90.2 cm³/mol. The van der Waals surface area contributed by atoms with Crippen LogP contribution in [0.5, 0.6) is 0 Å². The highest BCUT2D eigenvalue weighted by Crippen LogP contribution is 2.20. The first kappa shape index (κ1) is 15.8. The average molecular weight is 328 g/mol. The Morgan fingerprint density at radius 3 is 2.96 bits per heavy atom. The van der Waals surface area contributed by atoms with Crippen LogP contribution < -0.4 is 5.32 Å². The zero-order valence-corrected chi connectivity index (χ0v) is 13.7. The van der Waals surface area contributed by atoms with Gasteiger partial charge in [-0.25, -0.2) is 0 Å². The lowest BCUT2D eigenvalue weighted by molar-refractivity contribution is 0.0931. The number of carbonyl (C=O) groups is 1. The third-order valence-corrected chi connectivity index (χ3v) is 5.14. The molecule has 0 atom stereocenters. The second-order valence-electron chi connectivity index (χ2n) is 5.92. The molecule has 1 amide bonds. The van der Waals surface area contributed by atoms with Crippen LogP contribution in [0.1, 0.15) is 33.8 Å². The van der Waals surface area contributed by atoms with Gasteiger partial charge in [0.05, 0.1) is 5.56 Å². The van der Waals surface area contributed by atoms with Crippen molar-refractivity contribution < 1.29 is 4.79 Å². The van der Waals surface area contributed by atoms with E-state index in [1.807, 2.05) is 17.4 Å². The van der Waals surface area contributed by atoms with E-state index in [-0.39, 0.29) is 5.91 Å². The summed E-state index contributed by atoms with van der Waals surface area (Å²) >= 11 is 1.81. The summed E-state index contributed by atoms with van der Waals surface area (Å²) in [7, 11) is 0. The molecule has 2 aromatic rings. The van der Waals surface area contributed by atoms with Crippen molar-refractivity contribution in [2.75, 3.05) is 19.6 Å². The minimum atomic E-state index is -0.132. The van der Waals surface area contributed by atoms with Crippen LogP contribution in [-0.2, 0) is 6.54 Å². The number of nitrogens with zero attached hydrogens (tertiary/aromatic N) is 2. The van der Waals surface area contributed by atoms with Crippen LogP contribution in [0, 0.1) is 17.2 Å². The maximum Gasteiger partial charge on any atom is 0.267 e. The number of aromatic nitrogens is 1. The molecule has 1 saturated heterocycles.